The number of H-pyrrole nitrogens is 1. The Morgan fingerprint density at radius 1 is 1.00 bits per heavy atom. The Balaban J connectivity index is 1.41. The van der Waals surface area contributed by atoms with Gasteiger partial charge in [0.15, 0.2) is 11.5 Å². The maximum atomic E-state index is 13.4. The average molecular weight is 619 g/mol. The lowest BCUT2D eigenvalue weighted by Gasteiger charge is -2.37. The second kappa shape index (κ2) is 11.7. The molecule has 13 heteroatoms. The summed E-state index contributed by atoms with van der Waals surface area (Å²) >= 11 is 0. The minimum absolute atomic E-state index is 0.0488. The fourth-order valence-corrected chi connectivity index (χ4v) is 6.37. The molecule has 2 aliphatic rings. The zero-order valence-electron chi connectivity index (χ0n) is 24.7. The van der Waals surface area contributed by atoms with E-state index in [4.69, 9.17) is 19.5 Å². The maximum absolute atomic E-state index is 13.4. The van der Waals surface area contributed by atoms with E-state index in [2.05, 4.69) is 39.4 Å². The molecule has 1 saturated heterocycles. The Bertz CT molecular complexity index is 1840. The molecule has 5 aromatic rings. The number of piperidine rings is 1. The summed E-state index contributed by atoms with van der Waals surface area (Å²) in [5, 5.41) is 7.40. The number of halogens is 3. The van der Waals surface area contributed by atoms with Gasteiger partial charge in [-0.15, -0.1) is 0 Å². The summed E-state index contributed by atoms with van der Waals surface area (Å²) in [6, 6.07) is 15.6. The van der Waals surface area contributed by atoms with Crippen molar-refractivity contribution in [1.29, 1.82) is 0 Å². The molecule has 0 amide bonds. The van der Waals surface area contributed by atoms with Crippen LogP contribution in [0.2, 0.25) is 0 Å². The molecule has 0 spiro atoms. The van der Waals surface area contributed by atoms with Crippen molar-refractivity contribution < 1.29 is 17.7 Å². The quantitative estimate of drug-likeness (QED) is 0.201. The number of alkyl halides is 3. The largest absolute Gasteiger partial charge is 0.439 e. The molecule has 1 unspecified atom stereocenters. The molecule has 0 bridgehead atoms. The predicted octanol–water partition coefficient (Wildman–Crippen LogP) is 6.57. The smallest absolute Gasteiger partial charge is 0.365 e. The Labute approximate surface area is 256 Å². The Hall–Kier alpha value is -4.68. The van der Waals surface area contributed by atoms with Gasteiger partial charge in [-0.25, -0.2) is 14.8 Å². The minimum atomic E-state index is -4.43. The zero-order chi connectivity index (χ0) is 31.1. The van der Waals surface area contributed by atoms with E-state index in [1.54, 1.807) is 0 Å². The van der Waals surface area contributed by atoms with Crippen molar-refractivity contribution in [3.63, 3.8) is 0 Å². The zero-order valence-corrected chi connectivity index (χ0v) is 24.7. The summed E-state index contributed by atoms with van der Waals surface area (Å²) in [6.07, 6.45) is 1.91. The summed E-state index contributed by atoms with van der Waals surface area (Å²) < 4.78 is 46.9. The van der Waals surface area contributed by atoms with Gasteiger partial charge in [-0.05, 0) is 68.2 Å². The van der Waals surface area contributed by atoms with Crippen LogP contribution >= 0.6 is 0 Å². The van der Waals surface area contributed by atoms with Gasteiger partial charge < -0.3 is 14.8 Å². The third-order valence-electron chi connectivity index (χ3n) is 9.02. The van der Waals surface area contributed by atoms with Crippen molar-refractivity contribution in [3.8, 4) is 11.6 Å². The monoisotopic (exact) mass is 618 g/mol. The van der Waals surface area contributed by atoms with Crippen molar-refractivity contribution in [2.75, 3.05) is 16.8 Å². The van der Waals surface area contributed by atoms with Crippen LogP contribution in [-0.4, -0.2) is 42.2 Å². The van der Waals surface area contributed by atoms with Gasteiger partial charge in [0.1, 0.15) is 5.52 Å². The van der Waals surface area contributed by atoms with Crippen LogP contribution in [0.5, 0.6) is 0 Å². The van der Waals surface area contributed by atoms with E-state index in [0.29, 0.717) is 34.4 Å². The van der Waals surface area contributed by atoms with Gasteiger partial charge in [0.05, 0.1) is 18.2 Å². The summed E-state index contributed by atoms with van der Waals surface area (Å²) in [4.78, 5) is 31.2. The highest BCUT2D eigenvalue weighted by Gasteiger charge is 2.33. The van der Waals surface area contributed by atoms with Gasteiger partial charge in [-0.3, -0.25) is 9.51 Å². The van der Waals surface area contributed by atoms with Crippen LogP contribution < -0.4 is 16.0 Å². The standard InChI is InChI=1S/C32H33F3N8O2/c1-19(21-10-7-11-21)36-26-25-27(38-28(37-26)29-40-31(44)45-41-29)39-30(42-17-6-5-12-24(42)22-8-3-2-4-9-22)43(25)18-20-13-15-23(16-14-20)32(33,34)35/h2-4,8-9,13-16,19,21,24H,5-7,10-12,17-18H2,1H3,(H,36,37,38)(H,40,41,44)/t19-,24?/m1/s1. The third-order valence-corrected chi connectivity index (χ3v) is 9.02. The summed E-state index contributed by atoms with van der Waals surface area (Å²) in [6.45, 7) is 3.11. The maximum Gasteiger partial charge on any atom is 0.439 e. The van der Waals surface area contributed by atoms with Gasteiger partial charge in [-0.2, -0.15) is 18.2 Å². The Morgan fingerprint density at radius 3 is 2.44 bits per heavy atom. The first-order chi connectivity index (χ1) is 21.7. The van der Waals surface area contributed by atoms with E-state index >= 15 is 0 Å². The van der Waals surface area contributed by atoms with Crippen molar-refractivity contribution >= 4 is 22.9 Å². The normalized spacial score (nSPS) is 18.2. The number of aromatic amines is 1. The molecule has 1 saturated carbocycles. The first-order valence-electron chi connectivity index (χ1n) is 15.3. The van der Waals surface area contributed by atoms with Gasteiger partial charge in [0.2, 0.25) is 17.6 Å². The highest BCUT2D eigenvalue weighted by Crippen LogP contribution is 2.39. The molecule has 10 nitrogen and oxygen atoms in total. The molecular formula is C32H33F3N8O2. The van der Waals surface area contributed by atoms with Crippen molar-refractivity contribution in [3.05, 3.63) is 81.8 Å². The molecular weight excluding hydrogens is 585 g/mol. The highest BCUT2D eigenvalue weighted by molar-refractivity contribution is 5.87. The fraction of sp³-hybridized carbons (Fsp3) is 0.406. The molecule has 4 heterocycles. The van der Waals surface area contributed by atoms with E-state index in [-0.39, 0.29) is 30.3 Å². The number of hydrogen-bond acceptors (Lipinski definition) is 8. The SMILES string of the molecule is C[C@@H](Nc1nc(-c2noc(=O)[nH]2)nc2nc(N3CCCCC3c3ccccc3)n(Cc3ccc(C(F)(F)F)cc3)c12)C1CCC1. The number of rotatable bonds is 8. The third kappa shape index (κ3) is 5.78. The molecule has 45 heavy (non-hydrogen) atoms. The number of fused-ring (bicyclic) bond motifs is 1. The van der Waals surface area contributed by atoms with E-state index in [1.165, 1.54) is 18.6 Å². The number of benzene rings is 2. The minimum Gasteiger partial charge on any atom is -0.365 e. The van der Waals surface area contributed by atoms with Crippen molar-refractivity contribution in [1.82, 2.24) is 29.7 Å². The number of nitrogens with one attached hydrogen (secondary N) is 2. The molecule has 234 valence electrons. The van der Waals surface area contributed by atoms with Gasteiger partial charge >= 0.3 is 11.9 Å². The molecule has 2 aromatic carbocycles. The highest BCUT2D eigenvalue weighted by atomic mass is 19.4. The summed E-state index contributed by atoms with van der Waals surface area (Å²) in [7, 11) is 0. The number of anilines is 2. The van der Waals surface area contributed by atoms with E-state index in [9.17, 15) is 18.0 Å². The molecule has 2 N–H and O–H groups in total. The topological polar surface area (TPSA) is 118 Å². The second-order valence-electron chi connectivity index (χ2n) is 11.9. The molecule has 2 fully saturated rings. The van der Waals surface area contributed by atoms with Crippen LogP contribution in [-0.2, 0) is 12.7 Å². The first-order valence-corrected chi connectivity index (χ1v) is 15.3. The molecule has 7 rings (SSSR count). The van der Waals surface area contributed by atoms with E-state index in [1.807, 2.05) is 22.8 Å². The lowest BCUT2D eigenvalue weighted by atomic mass is 9.80. The van der Waals surface area contributed by atoms with Crippen molar-refractivity contribution in [2.24, 2.45) is 5.92 Å². The Kier molecular flexibility index (Phi) is 7.54. The lowest BCUT2D eigenvalue weighted by Crippen LogP contribution is -2.35. The number of hydrogen-bond donors (Lipinski definition) is 2. The van der Waals surface area contributed by atoms with Crippen LogP contribution in [0.4, 0.5) is 24.9 Å². The Morgan fingerprint density at radius 2 is 1.78 bits per heavy atom. The lowest BCUT2D eigenvalue weighted by molar-refractivity contribution is -0.137. The number of nitrogens with zero attached hydrogens (tertiary/aromatic N) is 6. The summed E-state index contributed by atoms with van der Waals surface area (Å²) in [5.41, 5.74) is 2.15. The van der Waals surface area contributed by atoms with Gasteiger partial charge in [0, 0.05) is 12.6 Å². The molecule has 1 aliphatic carbocycles. The molecule has 1 aliphatic heterocycles. The van der Waals surface area contributed by atoms with Gasteiger partial charge in [-0.1, -0.05) is 54.0 Å². The van der Waals surface area contributed by atoms with Crippen LogP contribution in [0.25, 0.3) is 22.8 Å². The van der Waals surface area contributed by atoms with E-state index in [0.717, 1.165) is 56.3 Å². The van der Waals surface area contributed by atoms with Crippen LogP contribution in [0.3, 0.4) is 0 Å². The number of imidazole rings is 1. The van der Waals surface area contributed by atoms with Crippen LogP contribution in [0.1, 0.15) is 68.2 Å². The van der Waals surface area contributed by atoms with Gasteiger partial charge in [0.25, 0.3) is 0 Å². The first kappa shape index (κ1) is 29.1. The predicted molar refractivity (Wildman–Crippen MR) is 163 cm³/mol. The van der Waals surface area contributed by atoms with E-state index < -0.39 is 17.5 Å². The van der Waals surface area contributed by atoms with Crippen LogP contribution in [0.15, 0.2) is 63.9 Å². The molecule has 0 radical (unpaired) electrons. The second-order valence-corrected chi connectivity index (χ2v) is 11.9. The average Bonchev–Trinajstić information content (AvgIpc) is 3.60. The molecule has 2 atom stereocenters. The summed E-state index contributed by atoms with van der Waals surface area (Å²) in [5.74, 6) is 1.15. The number of aromatic nitrogens is 6. The van der Waals surface area contributed by atoms with Crippen LogP contribution in [0, 0.1) is 5.92 Å². The fourth-order valence-electron chi connectivity index (χ4n) is 6.37. The molecule has 3 aromatic heterocycles. The van der Waals surface area contributed by atoms with Crippen molar-refractivity contribution in [2.45, 2.75) is 70.3 Å².